The lowest BCUT2D eigenvalue weighted by atomic mass is 9.99. The third kappa shape index (κ3) is 3.93. The van der Waals surface area contributed by atoms with Gasteiger partial charge in [0.05, 0.1) is 11.4 Å². The summed E-state index contributed by atoms with van der Waals surface area (Å²) in [5, 5.41) is 0. The molecule has 1 aliphatic heterocycles. The van der Waals surface area contributed by atoms with Crippen molar-refractivity contribution in [3.8, 4) is 0 Å². The molecule has 2 N–H and O–H groups in total. The van der Waals surface area contributed by atoms with Crippen molar-refractivity contribution >= 4 is 36.2 Å². The number of hydrogen-bond acceptors (Lipinski definition) is 2. The van der Waals surface area contributed by atoms with Gasteiger partial charge in [-0.3, -0.25) is 0 Å². The summed E-state index contributed by atoms with van der Waals surface area (Å²) in [6.45, 7) is 4.29. The van der Waals surface area contributed by atoms with E-state index in [1.54, 1.807) is 6.07 Å². The molecule has 0 aromatic heterocycles. The van der Waals surface area contributed by atoms with E-state index in [1.807, 2.05) is 0 Å². The minimum Gasteiger partial charge on any atom is -0.397 e. The second-order valence-electron chi connectivity index (χ2n) is 4.40. The fourth-order valence-electron chi connectivity index (χ4n) is 2.22. The highest BCUT2D eigenvalue weighted by Crippen LogP contribution is 2.28. The zero-order valence-electron chi connectivity index (χ0n) is 9.86. The summed E-state index contributed by atoms with van der Waals surface area (Å²) in [6, 6.07) is 4.66. The van der Waals surface area contributed by atoms with E-state index in [0.29, 0.717) is 11.6 Å². The lowest BCUT2D eigenvalue weighted by Crippen LogP contribution is -2.34. The summed E-state index contributed by atoms with van der Waals surface area (Å²) in [6.07, 6.45) is 2.47. The largest absolute Gasteiger partial charge is 0.397 e. The summed E-state index contributed by atoms with van der Waals surface area (Å²) < 4.78 is 12.9. The van der Waals surface area contributed by atoms with Crippen LogP contribution < -0.4 is 10.6 Å². The first-order valence-electron chi connectivity index (χ1n) is 5.47. The SMILES string of the molecule is CC1CCCN(c2ccc(F)cc2N)C1.Cl.Cl. The molecule has 2 nitrogen and oxygen atoms in total. The number of rotatable bonds is 1. The average molecular weight is 281 g/mol. The molecule has 0 aliphatic carbocycles. The van der Waals surface area contributed by atoms with Crippen LogP contribution in [0.25, 0.3) is 0 Å². The van der Waals surface area contributed by atoms with Gasteiger partial charge < -0.3 is 10.6 Å². The number of nitrogens with two attached hydrogens (primary N) is 1. The molecule has 1 aromatic carbocycles. The molecule has 1 saturated heterocycles. The molecular weight excluding hydrogens is 262 g/mol. The fourth-order valence-corrected chi connectivity index (χ4v) is 2.22. The van der Waals surface area contributed by atoms with Gasteiger partial charge in [0, 0.05) is 13.1 Å². The molecule has 2 rings (SSSR count). The Hall–Kier alpha value is -0.670. The van der Waals surface area contributed by atoms with Gasteiger partial charge in [-0.05, 0) is 37.0 Å². The Bertz CT molecular complexity index is 360. The van der Waals surface area contributed by atoms with Gasteiger partial charge in [-0.2, -0.15) is 0 Å². The first kappa shape index (κ1) is 16.3. The van der Waals surface area contributed by atoms with E-state index in [0.717, 1.165) is 18.8 Å². The summed E-state index contributed by atoms with van der Waals surface area (Å²) in [5.41, 5.74) is 7.34. The molecule has 0 amide bonds. The predicted octanol–water partition coefficient (Wildman–Crippen LogP) is 3.49. The van der Waals surface area contributed by atoms with Crippen LogP contribution in [-0.4, -0.2) is 13.1 Å². The van der Waals surface area contributed by atoms with Crippen LogP contribution in [-0.2, 0) is 0 Å². The van der Waals surface area contributed by atoms with E-state index in [4.69, 9.17) is 5.73 Å². The van der Waals surface area contributed by atoms with Crippen LogP contribution in [0.2, 0.25) is 0 Å². The minimum absolute atomic E-state index is 0. The Balaban J connectivity index is 0.00000128. The maximum atomic E-state index is 12.9. The summed E-state index contributed by atoms with van der Waals surface area (Å²) >= 11 is 0. The standard InChI is InChI=1S/C12H17FN2.2ClH/c1-9-3-2-6-15(8-9)12-5-4-10(13)7-11(12)14;;/h4-5,7,9H,2-3,6,8,14H2,1H3;2*1H. The number of piperidine rings is 1. The van der Waals surface area contributed by atoms with E-state index in [-0.39, 0.29) is 30.6 Å². The van der Waals surface area contributed by atoms with Crippen molar-refractivity contribution in [1.29, 1.82) is 0 Å². The van der Waals surface area contributed by atoms with Gasteiger partial charge in [-0.1, -0.05) is 6.92 Å². The van der Waals surface area contributed by atoms with Crippen LogP contribution in [0, 0.1) is 11.7 Å². The van der Waals surface area contributed by atoms with E-state index < -0.39 is 0 Å². The van der Waals surface area contributed by atoms with Crippen molar-refractivity contribution in [3.63, 3.8) is 0 Å². The Labute approximate surface area is 114 Å². The van der Waals surface area contributed by atoms with E-state index in [2.05, 4.69) is 11.8 Å². The molecule has 1 aliphatic rings. The zero-order valence-corrected chi connectivity index (χ0v) is 11.5. The maximum Gasteiger partial charge on any atom is 0.125 e. The number of nitrogens with zero attached hydrogens (tertiary/aromatic N) is 1. The quantitative estimate of drug-likeness (QED) is 0.798. The molecule has 1 heterocycles. The first-order chi connectivity index (χ1) is 7.16. The Morgan fingerprint density at radius 3 is 2.65 bits per heavy atom. The monoisotopic (exact) mass is 280 g/mol. The lowest BCUT2D eigenvalue weighted by molar-refractivity contribution is 0.447. The van der Waals surface area contributed by atoms with Crippen molar-refractivity contribution in [2.24, 2.45) is 5.92 Å². The van der Waals surface area contributed by atoms with Crippen LogP contribution in [0.1, 0.15) is 19.8 Å². The predicted molar refractivity (Wildman–Crippen MR) is 75.9 cm³/mol. The van der Waals surface area contributed by atoms with Gasteiger partial charge in [-0.15, -0.1) is 24.8 Å². The van der Waals surface area contributed by atoms with Gasteiger partial charge in [0.25, 0.3) is 0 Å². The third-order valence-corrected chi connectivity index (χ3v) is 2.99. The molecule has 98 valence electrons. The van der Waals surface area contributed by atoms with Gasteiger partial charge in [0.15, 0.2) is 0 Å². The van der Waals surface area contributed by atoms with E-state index >= 15 is 0 Å². The number of anilines is 2. The molecule has 17 heavy (non-hydrogen) atoms. The third-order valence-electron chi connectivity index (χ3n) is 2.99. The molecule has 1 atom stereocenters. The molecule has 1 unspecified atom stereocenters. The highest BCUT2D eigenvalue weighted by molar-refractivity contribution is 5.85. The van der Waals surface area contributed by atoms with Crippen LogP contribution in [0.4, 0.5) is 15.8 Å². The summed E-state index contributed by atoms with van der Waals surface area (Å²) in [5.74, 6) is 0.435. The molecular formula is C12H19Cl2FN2. The van der Waals surface area contributed by atoms with Gasteiger partial charge in [-0.25, -0.2) is 4.39 Å². The Morgan fingerprint density at radius 2 is 2.06 bits per heavy atom. The highest BCUT2D eigenvalue weighted by atomic mass is 35.5. The fraction of sp³-hybridized carbons (Fsp3) is 0.500. The van der Waals surface area contributed by atoms with Crippen LogP contribution >= 0.6 is 24.8 Å². The maximum absolute atomic E-state index is 12.9. The van der Waals surface area contributed by atoms with Crippen LogP contribution in [0.3, 0.4) is 0 Å². The second kappa shape index (κ2) is 6.92. The number of halogens is 3. The summed E-state index contributed by atoms with van der Waals surface area (Å²) in [7, 11) is 0. The molecule has 5 heteroatoms. The number of benzene rings is 1. The topological polar surface area (TPSA) is 29.3 Å². The molecule has 0 spiro atoms. The van der Waals surface area contributed by atoms with Crippen molar-refractivity contribution in [2.75, 3.05) is 23.7 Å². The van der Waals surface area contributed by atoms with Crippen molar-refractivity contribution in [3.05, 3.63) is 24.0 Å². The van der Waals surface area contributed by atoms with E-state index in [1.165, 1.54) is 25.0 Å². The summed E-state index contributed by atoms with van der Waals surface area (Å²) in [4.78, 5) is 2.25. The highest BCUT2D eigenvalue weighted by Gasteiger charge is 2.18. The van der Waals surface area contributed by atoms with Crippen molar-refractivity contribution < 1.29 is 4.39 Å². The van der Waals surface area contributed by atoms with Crippen molar-refractivity contribution in [2.45, 2.75) is 19.8 Å². The smallest absolute Gasteiger partial charge is 0.125 e. The average Bonchev–Trinajstić information content (AvgIpc) is 2.17. The Morgan fingerprint density at radius 1 is 1.35 bits per heavy atom. The zero-order chi connectivity index (χ0) is 10.8. The van der Waals surface area contributed by atoms with Gasteiger partial charge >= 0.3 is 0 Å². The van der Waals surface area contributed by atoms with Crippen molar-refractivity contribution in [1.82, 2.24) is 0 Å². The first-order valence-corrected chi connectivity index (χ1v) is 5.47. The lowest BCUT2D eigenvalue weighted by Gasteiger charge is -2.33. The molecule has 0 saturated carbocycles. The molecule has 0 radical (unpaired) electrons. The normalized spacial score (nSPS) is 19.2. The minimum atomic E-state index is -0.263. The molecule has 1 aromatic rings. The molecule has 0 bridgehead atoms. The van der Waals surface area contributed by atoms with Gasteiger partial charge in [0.1, 0.15) is 5.82 Å². The van der Waals surface area contributed by atoms with Crippen LogP contribution in [0.5, 0.6) is 0 Å². The molecule has 1 fully saturated rings. The number of hydrogen-bond donors (Lipinski definition) is 1. The van der Waals surface area contributed by atoms with E-state index in [9.17, 15) is 4.39 Å². The second-order valence-corrected chi connectivity index (χ2v) is 4.40. The number of nitrogen functional groups attached to an aromatic ring is 1. The van der Waals surface area contributed by atoms with Crippen LogP contribution in [0.15, 0.2) is 18.2 Å². The van der Waals surface area contributed by atoms with Gasteiger partial charge in [0.2, 0.25) is 0 Å². The Kier molecular flexibility index (Phi) is 6.65.